The third-order valence-corrected chi connectivity index (χ3v) is 3.51. The van der Waals surface area contributed by atoms with Gasteiger partial charge in [-0.3, -0.25) is 9.78 Å². The molecule has 0 radical (unpaired) electrons. The molecule has 0 unspecified atom stereocenters. The number of ketones is 1. The summed E-state index contributed by atoms with van der Waals surface area (Å²) in [6, 6.07) is 1.74. The van der Waals surface area contributed by atoms with Gasteiger partial charge in [0.25, 0.3) is 0 Å². The fourth-order valence-corrected chi connectivity index (χ4v) is 2.05. The SMILES string of the molecule is CCOc1cncc(C(=O)C(CC)(CC)CN)c1. The first-order chi connectivity index (χ1) is 8.63. The van der Waals surface area contributed by atoms with Crippen LogP contribution in [0.5, 0.6) is 5.75 Å². The largest absolute Gasteiger partial charge is 0.492 e. The fraction of sp³-hybridized carbons (Fsp3) is 0.571. The van der Waals surface area contributed by atoms with Crippen molar-refractivity contribution in [3.63, 3.8) is 0 Å². The highest BCUT2D eigenvalue weighted by Gasteiger charge is 2.34. The van der Waals surface area contributed by atoms with Crippen LogP contribution in [0.4, 0.5) is 0 Å². The summed E-state index contributed by atoms with van der Waals surface area (Å²) in [5, 5.41) is 0. The Morgan fingerprint density at radius 2 is 2.00 bits per heavy atom. The molecule has 1 aromatic rings. The number of Topliss-reactive ketones (excluding diaryl/α,β-unsaturated/α-hetero) is 1. The topological polar surface area (TPSA) is 65.2 Å². The van der Waals surface area contributed by atoms with E-state index in [1.54, 1.807) is 18.5 Å². The van der Waals surface area contributed by atoms with Crippen LogP contribution in [0.15, 0.2) is 18.5 Å². The van der Waals surface area contributed by atoms with Crippen molar-refractivity contribution in [2.24, 2.45) is 11.1 Å². The van der Waals surface area contributed by atoms with Crippen molar-refractivity contribution in [2.75, 3.05) is 13.2 Å². The van der Waals surface area contributed by atoms with Crippen LogP contribution in [0.3, 0.4) is 0 Å². The van der Waals surface area contributed by atoms with Gasteiger partial charge in [0.05, 0.1) is 12.8 Å². The number of nitrogens with zero attached hydrogens (tertiary/aromatic N) is 1. The Morgan fingerprint density at radius 3 is 2.50 bits per heavy atom. The lowest BCUT2D eigenvalue weighted by atomic mass is 9.76. The molecule has 18 heavy (non-hydrogen) atoms. The van der Waals surface area contributed by atoms with Crippen LogP contribution in [-0.2, 0) is 0 Å². The fourth-order valence-electron chi connectivity index (χ4n) is 2.05. The van der Waals surface area contributed by atoms with Gasteiger partial charge in [0.15, 0.2) is 5.78 Å². The smallest absolute Gasteiger partial charge is 0.171 e. The molecule has 4 nitrogen and oxygen atoms in total. The second kappa shape index (κ2) is 6.50. The maximum absolute atomic E-state index is 12.5. The molecule has 0 aliphatic heterocycles. The van der Waals surface area contributed by atoms with Crippen LogP contribution < -0.4 is 10.5 Å². The minimum Gasteiger partial charge on any atom is -0.492 e. The Hall–Kier alpha value is -1.42. The zero-order valence-electron chi connectivity index (χ0n) is 11.4. The zero-order valence-corrected chi connectivity index (χ0v) is 11.4. The molecule has 1 rings (SSSR count). The van der Waals surface area contributed by atoms with Gasteiger partial charge >= 0.3 is 0 Å². The van der Waals surface area contributed by atoms with Gasteiger partial charge in [0, 0.05) is 23.7 Å². The van der Waals surface area contributed by atoms with Gasteiger partial charge in [0.1, 0.15) is 5.75 Å². The predicted molar refractivity (Wildman–Crippen MR) is 71.8 cm³/mol. The Bertz CT molecular complexity index is 392. The molecule has 100 valence electrons. The molecule has 0 fully saturated rings. The monoisotopic (exact) mass is 250 g/mol. The lowest BCUT2D eigenvalue weighted by molar-refractivity contribution is 0.0786. The van der Waals surface area contributed by atoms with E-state index in [2.05, 4.69) is 4.98 Å². The van der Waals surface area contributed by atoms with Gasteiger partial charge < -0.3 is 10.5 Å². The van der Waals surface area contributed by atoms with Crippen LogP contribution in [-0.4, -0.2) is 23.9 Å². The van der Waals surface area contributed by atoms with E-state index in [1.165, 1.54) is 0 Å². The molecular formula is C14H22N2O2. The Morgan fingerprint density at radius 1 is 1.33 bits per heavy atom. The molecule has 1 heterocycles. The average molecular weight is 250 g/mol. The number of carbonyl (C=O) groups is 1. The number of nitrogens with two attached hydrogens (primary N) is 1. The minimum absolute atomic E-state index is 0.0593. The summed E-state index contributed by atoms with van der Waals surface area (Å²) in [7, 11) is 0. The second-order valence-corrected chi connectivity index (χ2v) is 4.36. The summed E-state index contributed by atoms with van der Waals surface area (Å²) < 4.78 is 5.36. The number of ether oxygens (including phenoxy) is 1. The number of hydrogen-bond donors (Lipinski definition) is 1. The van der Waals surface area contributed by atoms with Crippen LogP contribution in [0.25, 0.3) is 0 Å². The number of hydrogen-bond acceptors (Lipinski definition) is 4. The molecule has 0 atom stereocenters. The standard InChI is InChI=1S/C14H22N2O2/c1-4-14(5-2,10-15)13(17)11-7-12(18-6-3)9-16-8-11/h7-9H,4-6,10,15H2,1-3H3. The minimum atomic E-state index is -0.480. The Kier molecular flexibility index (Phi) is 5.28. The van der Waals surface area contributed by atoms with Gasteiger partial charge in [-0.1, -0.05) is 13.8 Å². The summed E-state index contributed by atoms with van der Waals surface area (Å²) in [4.78, 5) is 16.6. The molecule has 0 spiro atoms. The molecule has 2 N–H and O–H groups in total. The van der Waals surface area contributed by atoms with E-state index >= 15 is 0 Å². The third-order valence-electron chi connectivity index (χ3n) is 3.51. The Balaban J connectivity index is 3.05. The summed E-state index contributed by atoms with van der Waals surface area (Å²) in [5.74, 6) is 0.686. The predicted octanol–water partition coefficient (Wildman–Crippen LogP) is 2.43. The number of aromatic nitrogens is 1. The molecule has 4 heteroatoms. The summed E-state index contributed by atoms with van der Waals surface area (Å²) >= 11 is 0. The molecule has 0 aliphatic carbocycles. The molecule has 0 aromatic carbocycles. The highest BCUT2D eigenvalue weighted by molar-refractivity contribution is 6.00. The lowest BCUT2D eigenvalue weighted by Gasteiger charge is -2.28. The number of rotatable bonds is 7. The summed E-state index contributed by atoms with van der Waals surface area (Å²) in [6.45, 7) is 6.81. The van der Waals surface area contributed by atoms with Crippen molar-refractivity contribution >= 4 is 5.78 Å². The highest BCUT2D eigenvalue weighted by atomic mass is 16.5. The maximum atomic E-state index is 12.5. The average Bonchev–Trinajstić information content (AvgIpc) is 2.42. The van der Waals surface area contributed by atoms with Crippen molar-refractivity contribution in [3.05, 3.63) is 24.0 Å². The lowest BCUT2D eigenvalue weighted by Crippen LogP contribution is -2.37. The first-order valence-electron chi connectivity index (χ1n) is 6.46. The van der Waals surface area contributed by atoms with E-state index in [9.17, 15) is 4.79 Å². The van der Waals surface area contributed by atoms with Gasteiger partial charge in [-0.25, -0.2) is 0 Å². The van der Waals surface area contributed by atoms with Crippen molar-refractivity contribution in [2.45, 2.75) is 33.6 Å². The first-order valence-corrected chi connectivity index (χ1v) is 6.46. The molecule has 0 aliphatic rings. The maximum Gasteiger partial charge on any atom is 0.171 e. The molecule has 0 saturated heterocycles. The zero-order chi connectivity index (χ0) is 13.6. The van der Waals surface area contributed by atoms with Crippen LogP contribution in [0, 0.1) is 5.41 Å². The van der Waals surface area contributed by atoms with Crippen LogP contribution in [0.1, 0.15) is 44.0 Å². The Labute approximate surface area is 109 Å². The molecular weight excluding hydrogens is 228 g/mol. The van der Waals surface area contributed by atoms with Crippen molar-refractivity contribution in [1.29, 1.82) is 0 Å². The van der Waals surface area contributed by atoms with Crippen LogP contribution in [0.2, 0.25) is 0 Å². The van der Waals surface area contributed by atoms with Gasteiger partial charge in [-0.15, -0.1) is 0 Å². The van der Waals surface area contributed by atoms with Gasteiger partial charge in [0.2, 0.25) is 0 Å². The van der Waals surface area contributed by atoms with E-state index in [-0.39, 0.29) is 5.78 Å². The van der Waals surface area contributed by atoms with E-state index in [4.69, 9.17) is 10.5 Å². The molecule has 0 saturated carbocycles. The van der Waals surface area contributed by atoms with E-state index < -0.39 is 5.41 Å². The highest BCUT2D eigenvalue weighted by Crippen LogP contribution is 2.30. The normalized spacial score (nSPS) is 11.3. The molecule has 1 aromatic heterocycles. The summed E-state index contributed by atoms with van der Waals surface area (Å²) in [6.07, 6.45) is 4.66. The van der Waals surface area contributed by atoms with Crippen molar-refractivity contribution < 1.29 is 9.53 Å². The van der Waals surface area contributed by atoms with E-state index in [0.717, 1.165) is 12.8 Å². The van der Waals surface area contributed by atoms with Crippen LogP contribution >= 0.6 is 0 Å². The van der Waals surface area contributed by atoms with Gasteiger partial charge in [-0.2, -0.15) is 0 Å². The van der Waals surface area contributed by atoms with E-state index in [0.29, 0.717) is 24.5 Å². The van der Waals surface area contributed by atoms with Crippen molar-refractivity contribution in [1.82, 2.24) is 4.98 Å². The first kappa shape index (κ1) is 14.6. The van der Waals surface area contributed by atoms with E-state index in [1.807, 2.05) is 20.8 Å². The quantitative estimate of drug-likeness (QED) is 0.755. The van der Waals surface area contributed by atoms with Gasteiger partial charge in [-0.05, 0) is 25.8 Å². The third kappa shape index (κ3) is 2.88. The molecule has 0 amide bonds. The summed E-state index contributed by atoms with van der Waals surface area (Å²) in [5.41, 5.74) is 5.89. The second-order valence-electron chi connectivity index (χ2n) is 4.36. The number of pyridine rings is 1. The van der Waals surface area contributed by atoms with Crippen molar-refractivity contribution in [3.8, 4) is 5.75 Å². The number of carbonyl (C=O) groups excluding carboxylic acids is 1. The molecule has 0 bridgehead atoms.